The molecular formula is C11H12F3NO3. The van der Waals surface area contributed by atoms with Crippen LogP contribution >= 0.6 is 0 Å². The quantitative estimate of drug-likeness (QED) is 0.604. The number of carbonyl (C=O) groups excluding carboxylic acids is 1. The van der Waals surface area contributed by atoms with Crippen LogP contribution in [0.4, 0.5) is 13.2 Å². The van der Waals surface area contributed by atoms with E-state index in [0.29, 0.717) is 0 Å². The minimum Gasteiger partial charge on any atom is -0.496 e. The molecule has 0 bridgehead atoms. The number of hydrogen-bond donors (Lipinski definition) is 0. The van der Waals surface area contributed by atoms with Crippen LogP contribution in [0.2, 0.25) is 0 Å². The summed E-state index contributed by atoms with van der Waals surface area (Å²) in [5.41, 5.74) is -0.933. The summed E-state index contributed by atoms with van der Waals surface area (Å²) in [4.78, 5) is 14.3. The maximum atomic E-state index is 13.5. The number of alkyl halides is 2. The minimum atomic E-state index is -2.91. The first-order chi connectivity index (χ1) is 8.49. The number of nitrogens with zero attached hydrogens (tertiary/aromatic N) is 1. The molecule has 0 amide bonds. The lowest BCUT2D eigenvalue weighted by molar-refractivity contribution is -0.142. The molecule has 0 atom stereocenters. The molecule has 7 heteroatoms. The van der Waals surface area contributed by atoms with Gasteiger partial charge in [0.2, 0.25) is 5.95 Å². The molecule has 0 spiro atoms. The van der Waals surface area contributed by atoms with Gasteiger partial charge in [-0.15, -0.1) is 0 Å². The third-order valence-electron chi connectivity index (χ3n) is 2.12. The monoisotopic (exact) mass is 263 g/mol. The van der Waals surface area contributed by atoms with E-state index in [4.69, 9.17) is 4.74 Å². The van der Waals surface area contributed by atoms with Crippen molar-refractivity contribution in [2.24, 2.45) is 0 Å². The van der Waals surface area contributed by atoms with Crippen LogP contribution in [0.3, 0.4) is 0 Å². The molecule has 0 aromatic carbocycles. The van der Waals surface area contributed by atoms with E-state index >= 15 is 0 Å². The van der Waals surface area contributed by atoms with E-state index in [2.05, 4.69) is 9.72 Å². The second kappa shape index (κ2) is 6.23. The molecule has 0 radical (unpaired) electrons. The van der Waals surface area contributed by atoms with Gasteiger partial charge in [0, 0.05) is 6.07 Å². The van der Waals surface area contributed by atoms with Gasteiger partial charge in [-0.2, -0.15) is 4.39 Å². The number of pyridine rings is 1. The van der Waals surface area contributed by atoms with Crippen LogP contribution in [0, 0.1) is 5.95 Å². The molecule has 0 aliphatic carbocycles. The van der Waals surface area contributed by atoms with Gasteiger partial charge < -0.3 is 9.47 Å². The summed E-state index contributed by atoms with van der Waals surface area (Å²) in [5.74, 6) is -1.98. The zero-order valence-corrected chi connectivity index (χ0v) is 9.87. The third kappa shape index (κ3) is 3.35. The van der Waals surface area contributed by atoms with Gasteiger partial charge in [-0.1, -0.05) is 0 Å². The van der Waals surface area contributed by atoms with E-state index in [1.54, 1.807) is 6.92 Å². The summed E-state index contributed by atoms with van der Waals surface area (Å²) in [6.45, 7) is 1.74. The van der Waals surface area contributed by atoms with Crippen molar-refractivity contribution in [2.45, 2.75) is 19.8 Å². The number of esters is 1. The lowest BCUT2D eigenvalue weighted by Gasteiger charge is -2.10. The molecule has 0 aliphatic heterocycles. The number of ether oxygens (including phenoxy) is 2. The number of rotatable bonds is 5. The highest BCUT2D eigenvalue weighted by Gasteiger charge is 2.20. The van der Waals surface area contributed by atoms with Crippen LogP contribution < -0.4 is 4.74 Å². The predicted octanol–water partition coefficient (Wildman–Crippen LogP) is 2.27. The van der Waals surface area contributed by atoms with Crippen LogP contribution in [0.15, 0.2) is 6.07 Å². The Morgan fingerprint density at radius 2 is 2.17 bits per heavy atom. The Morgan fingerprint density at radius 1 is 1.50 bits per heavy atom. The Kier molecular flexibility index (Phi) is 4.94. The van der Waals surface area contributed by atoms with Crippen molar-refractivity contribution >= 4 is 5.97 Å². The molecule has 0 unspecified atom stereocenters. The highest BCUT2D eigenvalue weighted by molar-refractivity contribution is 5.73. The fourth-order valence-corrected chi connectivity index (χ4v) is 1.35. The largest absolute Gasteiger partial charge is 0.496 e. The Morgan fingerprint density at radius 3 is 2.67 bits per heavy atom. The highest BCUT2D eigenvalue weighted by atomic mass is 19.3. The average Bonchev–Trinajstić information content (AvgIpc) is 2.31. The number of aromatic nitrogens is 1. The average molecular weight is 263 g/mol. The molecule has 0 fully saturated rings. The van der Waals surface area contributed by atoms with Crippen molar-refractivity contribution in [2.75, 3.05) is 13.7 Å². The minimum absolute atomic E-state index is 0.144. The molecule has 1 heterocycles. The number of hydrogen-bond acceptors (Lipinski definition) is 4. The van der Waals surface area contributed by atoms with Gasteiger partial charge in [-0.25, -0.2) is 13.8 Å². The Bertz CT molecular complexity index is 438. The molecule has 0 aliphatic rings. The molecular weight excluding hydrogens is 251 g/mol. The van der Waals surface area contributed by atoms with E-state index in [9.17, 15) is 18.0 Å². The van der Waals surface area contributed by atoms with Gasteiger partial charge >= 0.3 is 5.97 Å². The number of methoxy groups -OCH3 is 1. The second-order valence-electron chi connectivity index (χ2n) is 3.30. The standard InChI is InChI=1S/C11H12F3NO3/c1-3-18-9(16)4-6-8(17-2)5-7(10(12)13)15-11(6)14/h5,10H,3-4H2,1-2H3. The third-order valence-corrected chi connectivity index (χ3v) is 2.12. The van der Waals surface area contributed by atoms with Crippen LogP contribution in [0.5, 0.6) is 5.75 Å². The van der Waals surface area contributed by atoms with Crippen molar-refractivity contribution in [1.82, 2.24) is 4.98 Å². The van der Waals surface area contributed by atoms with Crippen LogP contribution in [0.1, 0.15) is 24.6 Å². The zero-order valence-electron chi connectivity index (χ0n) is 9.87. The highest BCUT2D eigenvalue weighted by Crippen LogP contribution is 2.27. The SMILES string of the molecule is CCOC(=O)Cc1c(OC)cc(C(F)F)nc1F. The van der Waals surface area contributed by atoms with E-state index in [1.165, 1.54) is 7.11 Å². The molecule has 100 valence electrons. The molecule has 0 saturated carbocycles. The van der Waals surface area contributed by atoms with Gasteiger partial charge in [0.05, 0.1) is 25.7 Å². The first kappa shape index (κ1) is 14.3. The first-order valence-electron chi connectivity index (χ1n) is 5.16. The number of carbonyl (C=O) groups is 1. The Balaban J connectivity index is 3.07. The Labute approximate surface area is 102 Å². The van der Waals surface area contributed by atoms with Crippen molar-refractivity contribution < 1.29 is 27.4 Å². The van der Waals surface area contributed by atoms with Crippen LogP contribution in [-0.2, 0) is 16.0 Å². The lowest BCUT2D eigenvalue weighted by atomic mass is 10.1. The topological polar surface area (TPSA) is 48.4 Å². The van der Waals surface area contributed by atoms with Crippen LogP contribution in [-0.4, -0.2) is 24.7 Å². The van der Waals surface area contributed by atoms with Crippen molar-refractivity contribution in [1.29, 1.82) is 0 Å². The summed E-state index contributed by atoms with van der Waals surface area (Å²) in [6.07, 6.45) is -3.33. The van der Waals surface area contributed by atoms with E-state index < -0.39 is 30.5 Å². The first-order valence-corrected chi connectivity index (χ1v) is 5.16. The van der Waals surface area contributed by atoms with Gasteiger partial charge in [0.15, 0.2) is 0 Å². The molecule has 1 aromatic rings. The van der Waals surface area contributed by atoms with Gasteiger partial charge in [0.1, 0.15) is 11.4 Å². The molecule has 1 aromatic heterocycles. The molecule has 0 N–H and O–H groups in total. The zero-order chi connectivity index (χ0) is 13.7. The van der Waals surface area contributed by atoms with Crippen molar-refractivity contribution in [3.8, 4) is 5.75 Å². The molecule has 4 nitrogen and oxygen atoms in total. The molecule has 18 heavy (non-hydrogen) atoms. The van der Waals surface area contributed by atoms with Gasteiger partial charge in [0.25, 0.3) is 6.43 Å². The molecule has 0 saturated heterocycles. The summed E-state index contributed by atoms with van der Waals surface area (Å²) < 4.78 is 47.7. The van der Waals surface area contributed by atoms with Crippen molar-refractivity contribution in [3.63, 3.8) is 0 Å². The Hall–Kier alpha value is -1.79. The van der Waals surface area contributed by atoms with Crippen LogP contribution in [0.25, 0.3) is 0 Å². The summed E-state index contributed by atoms with van der Waals surface area (Å²) in [7, 11) is 1.19. The maximum absolute atomic E-state index is 13.5. The fraction of sp³-hybridized carbons (Fsp3) is 0.455. The fourth-order valence-electron chi connectivity index (χ4n) is 1.35. The summed E-state index contributed by atoms with van der Waals surface area (Å²) >= 11 is 0. The van der Waals surface area contributed by atoms with Gasteiger partial charge in [-0.05, 0) is 6.92 Å². The normalized spacial score (nSPS) is 10.6. The summed E-state index contributed by atoms with van der Waals surface area (Å²) in [6, 6.07) is 0.905. The molecule has 1 rings (SSSR count). The number of halogens is 3. The van der Waals surface area contributed by atoms with Crippen molar-refractivity contribution in [3.05, 3.63) is 23.3 Å². The second-order valence-corrected chi connectivity index (χ2v) is 3.30. The van der Waals surface area contributed by atoms with E-state index in [0.717, 1.165) is 6.07 Å². The predicted molar refractivity (Wildman–Crippen MR) is 56.0 cm³/mol. The van der Waals surface area contributed by atoms with E-state index in [1.807, 2.05) is 0 Å². The van der Waals surface area contributed by atoms with E-state index in [-0.39, 0.29) is 17.9 Å². The lowest BCUT2D eigenvalue weighted by Crippen LogP contribution is -2.12. The summed E-state index contributed by atoms with van der Waals surface area (Å²) in [5, 5.41) is 0. The smallest absolute Gasteiger partial charge is 0.310 e. The van der Waals surface area contributed by atoms with Gasteiger partial charge in [-0.3, -0.25) is 4.79 Å². The maximum Gasteiger partial charge on any atom is 0.310 e.